The first-order chi connectivity index (χ1) is 10.5. The van der Waals surface area contributed by atoms with Crippen LogP contribution in [0, 0.1) is 0 Å². The van der Waals surface area contributed by atoms with Crippen molar-refractivity contribution in [2.45, 2.75) is 25.7 Å². The van der Waals surface area contributed by atoms with Crippen molar-refractivity contribution in [1.29, 1.82) is 0 Å². The highest BCUT2D eigenvalue weighted by molar-refractivity contribution is 5.98. The molecule has 1 amide bonds. The van der Waals surface area contributed by atoms with E-state index in [1.807, 2.05) is 36.4 Å². The minimum Gasteiger partial charge on any atom is -0.338 e. The Morgan fingerprint density at radius 2 is 1.91 bits per heavy atom. The summed E-state index contributed by atoms with van der Waals surface area (Å²) in [5.41, 5.74) is 4.80. The van der Waals surface area contributed by atoms with Crippen LogP contribution in [0.5, 0.6) is 0 Å². The predicted molar refractivity (Wildman–Crippen MR) is 87.8 cm³/mol. The van der Waals surface area contributed by atoms with E-state index in [2.05, 4.69) is 35.2 Å². The van der Waals surface area contributed by atoms with Gasteiger partial charge in [0, 0.05) is 23.1 Å². The van der Waals surface area contributed by atoms with Crippen molar-refractivity contribution < 1.29 is 4.79 Å². The van der Waals surface area contributed by atoms with Crippen LogP contribution in [0.25, 0.3) is 22.4 Å². The normalized spacial score (nSPS) is 16.4. The Hall–Kier alpha value is -2.62. The Labute approximate surface area is 128 Å². The zero-order valence-electron chi connectivity index (χ0n) is 12.6. The van der Waals surface area contributed by atoms with Crippen molar-refractivity contribution in [3.05, 3.63) is 48.0 Å². The van der Waals surface area contributed by atoms with Gasteiger partial charge in [0.25, 0.3) is 0 Å². The van der Waals surface area contributed by atoms with Gasteiger partial charge in [-0.3, -0.25) is 4.79 Å². The second-order valence-corrected chi connectivity index (χ2v) is 6.48. The van der Waals surface area contributed by atoms with E-state index in [0.717, 1.165) is 33.7 Å². The number of aromatic nitrogens is 2. The average Bonchev–Trinajstić information content (AvgIpc) is 2.88. The molecule has 0 atom stereocenters. The first-order valence-electron chi connectivity index (χ1n) is 7.42. The van der Waals surface area contributed by atoms with E-state index in [1.165, 1.54) is 0 Å². The van der Waals surface area contributed by atoms with Crippen LogP contribution in [0.15, 0.2) is 42.5 Å². The molecule has 0 fully saturated rings. The summed E-state index contributed by atoms with van der Waals surface area (Å²) in [5.74, 6) is 0.915. The second kappa shape index (κ2) is 4.44. The van der Waals surface area contributed by atoms with Crippen LogP contribution in [0.4, 0.5) is 5.69 Å². The summed E-state index contributed by atoms with van der Waals surface area (Å²) in [6, 6.07) is 14.1. The Morgan fingerprint density at radius 1 is 1.14 bits per heavy atom. The number of imidazole rings is 1. The maximum Gasteiger partial charge on any atom is 0.225 e. The van der Waals surface area contributed by atoms with Crippen molar-refractivity contribution in [3.63, 3.8) is 0 Å². The molecule has 4 heteroatoms. The molecule has 0 aliphatic carbocycles. The molecule has 1 aromatic heterocycles. The molecular weight excluding hydrogens is 274 g/mol. The number of carbonyl (C=O) groups is 1. The molecule has 0 radical (unpaired) electrons. The standard InChI is InChI=1S/C18H17N3O/c1-18(2)10-16(22)19-13-9-15-14(8-12(13)18)20-17(21-15)11-6-4-3-5-7-11/h3-9H,10H2,1-2H3,(H,19,22)(H,20,21). The maximum absolute atomic E-state index is 11.9. The lowest BCUT2D eigenvalue weighted by Gasteiger charge is -2.31. The molecule has 2 N–H and O–H groups in total. The van der Waals surface area contributed by atoms with Crippen LogP contribution in [0.1, 0.15) is 25.8 Å². The SMILES string of the molecule is CC1(C)CC(=O)Nc2cc3nc(-c4ccccc4)[nH]c3cc21. The first-order valence-corrected chi connectivity index (χ1v) is 7.42. The number of nitrogens with zero attached hydrogens (tertiary/aromatic N) is 1. The summed E-state index contributed by atoms with van der Waals surface area (Å²) in [5, 5.41) is 2.96. The molecule has 2 aromatic carbocycles. The fraction of sp³-hybridized carbons (Fsp3) is 0.222. The fourth-order valence-electron chi connectivity index (χ4n) is 3.14. The molecule has 0 bridgehead atoms. The minimum atomic E-state index is -0.163. The zero-order valence-corrected chi connectivity index (χ0v) is 12.6. The van der Waals surface area contributed by atoms with E-state index in [9.17, 15) is 4.79 Å². The number of benzene rings is 2. The molecular formula is C18H17N3O. The summed E-state index contributed by atoms with van der Waals surface area (Å²) >= 11 is 0. The Balaban J connectivity index is 1.90. The Kier molecular flexibility index (Phi) is 2.64. The van der Waals surface area contributed by atoms with E-state index in [4.69, 9.17) is 0 Å². The Morgan fingerprint density at radius 3 is 2.68 bits per heavy atom. The largest absolute Gasteiger partial charge is 0.338 e. The summed E-state index contributed by atoms with van der Waals surface area (Å²) in [6.07, 6.45) is 0.505. The maximum atomic E-state index is 11.9. The van der Waals surface area contributed by atoms with Gasteiger partial charge < -0.3 is 10.3 Å². The van der Waals surface area contributed by atoms with Crippen molar-refractivity contribution >= 4 is 22.6 Å². The lowest BCUT2D eigenvalue weighted by Crippen LogP contribution is -2.32. The first kappa shape index (κ1) is 13.1. The van der Waals surface area contributed by atoms with Gasteiger partial charge in [0.05, 0.1) is 11.0 Å². The van der Waals surface area contributed by atoms with Crippen LogP contribution in [-0.4, -0.2) is 15.9 Å². The van der Waals surface area contributed by atoms with E-state index < -0.39 is 0 Å². The van der Waals surface area contributed by atoms with E-state index >= 15 is 0 Å². The lowest BCUT2D eigenvalue weighted by atomic mass is 9.78. The zero-order chi connectivity index (χ0) is 15.3. The van der Waals surface area contributed by atoms with Crippen LogP contribution < -0.4 is 5.32 Å². The molecule has 2 heterocycles. The molecule has 3 aromatic rings. The predicted octanol–water partition coefficient (Wildman–Crippen LogP) is 3.85. The third-order valence-electron chi connectivity index (χ3n) is 4.27. The molecule has 110 valence electrons. The number of fused-ring (bicyclic) bond motifs is 2. The molecule has 0 saturated carbocycles. The third kappa shape index (κ3) is 1.99. The van der Waals surface area contributed by atoms with Gasteiger partial charge in [-0.05, 0) is 17.7 Å². The Bertz CT molecular complexity index is 878. The van der Waals surface area contributed by atoms with Crippen LogP contribution >= 0.6 is 0 Å². The van der Waals surface area contributed by atoms with Gasteiger partial charge in [0.2, 0.25) is 5.91 Å². The number of nitrogens with one attached hydrogen (secondary N) is 2. The molecule has 0 unspecified atom stereocenters. The van der Waals surface area contributed by atoms with E-state index in [0.29, 0.717) is 6.42 Å². The monoisotopic (exact) mass is 291 g/mol. The number of anilines is 1. The highest BCUT2D eigenvalue weighted by Gasteiger charge is 2.32. The second-order valence-electron chi connectivity index (χ2n) is 6.48. The number of hydrogen-bond donors (Lipinski definition) is 2. The van der Waals surface area contributed by atoms with Gasteiger partial charge in [0.15, 0.2) is 0 Å². The summed E-state index contributed by atoms with van der Waals surface area (Å²) in [4.78, 5) is 19.9. The van der Waals surface area contributed by atoms with Crippen LogP contribution in [-0.2, 0) is 10.2 Å². The molecule has 4 nitrogen and oxygen atoms in total. The highest BCUT2D eigenvalue weighted by Crippen LogP contribution is 2.39. The number of rotatable bonds is 1. The number of aromatic amines is 1. The lowest BCUT2D eigenvalue weighted by molar-refractivity contribution is -0.117. The van der Waals surface area contributed by atoms with Crippen LogP contribution in [0.2, 0.25) is 0 Å². The number of H-pyrrole nitrogens is 1. The topological polar surface area (TPSA) is 57.8 Å². The highest BCUT2D eigenvalue weighted by atomic mass is 16.1. The van der Waals surface area contributed by atoms with Gasteiger partial charge in [-0.15, -0.1) is 0 Å². The van der Waals surface area contributed by atoms with Crippen molar-refractivity contribution in [2.24, 2.45) is 0 Å². The van der Waals surface area contributed by atoms with Crippen molar-refractivity contribution in [1.82, 2.24) is 9.97 Å². The van der Waals surface area contributed by atoms with Crippen molar-refractivity contribution in [2.75, 3.05) is 5.32 Å². The number of amides is 1. The third-order valence-corrected chi connectivity index (χ3v) is 4.27. The minimum absolute atomic E-state index is 0.0654. The molecule has 22 heavy (non-hydrogen) atoms. The summed E-state index contributed by atoms with van der Waals surface area (Å²) in [7, 11) is 0. The smallest absolute Gasteiger partial charge is 0.225 e. The molecule has 0 saturated heterocycles. The summed E-state index contributed by atoms with van der Waals surface area (Å²) in [6.45, 7) is 4.20. The fourth-order valence-corrected chi connectivity index (χ4v) is 3.14. The molecule has 1 aliphatic rings. The number of hydrogen-bond acceptors (Lipinski definition) is 2. The van der Waals surface area contributed by atoms with Gasteiger partial charge in [-0.2, -0.15) is 0 Å². The van der Waals surface area contributed by atoms with Gasteiger partial charge in [-0.1, -0.05) is 44.2 Å². The van der Waals surface area contributed by atoms with Gasteiger partial charge >= 0.3 is 0 Å². The average molecular weight is 291 g/mol. The van der Waals surface area contributed by atoms with Gasteiger partial charge in [0.1, 0.15) is 5.82 Å². The van der Waals surface area contributed by atoms with Crippen molar-refractivity contribution in [3.8, 4) is 11.4 Å². The molecule has 1 aliphatic heterocycles. The van der Waals surface area contributed by atoms with Crippen LogP contribution in [0.3, 0.4) is 0 Å². The molecule has 0 spiro atoms. The van der Waals surface area contributed by atoms with E-state index in [1.54, 1.807) is 0 Å². The van der Waals surface area contributed by atoms with E-state index in [-0.39, 0.29) is 11.3 Å². The summed E-state index contributed by atoms with van der Waals surface area (Å²) < 4.78 is 0. The number of carbonyl (C=O) groups excluding carboxylic acids is 1. The van der Waals surface area contributed by atoms with Gasteiger partial charge in [-0.25, -0.2) is 4.98 Å². The quantitative estimate of drug-likeness (QED) is 0.715. The molecule has 4 rings (SSSR count).